The molecule has 0 fully saturated rings. The second-order valence-electron chi connectivity index (χ2n) is 3.73. The van der Waals surface area contributed by atoms with Crippen LogP contribution in [0.15, 0.2) is 24.5 Å². The van der Waals surface area contributed by atoms with Crippen LogP contribution in [-0.2, 0) is 13.2 Å². The molecule has 18 heavy (non-hydrogen) atoms. The highest BCUT2D eigenvalue weighted by Gasteiger charge is 2.31. The maximum Gasteiger partial charge on any atom is 0.417 e. The van der Waals surface area contributed by atoms with Gasteiger partial charge in [0.25, 0.3) is 0 Å². The Morgan fingerprint density at radius 3 is 2.44 bits per heavy atom. The molecule has 0 aliphatic heterocycles. The lowest BCUT2D eigenvalue weighted by molar-refractivity contribution is -0.137. The summed E-state index contributed by atoms with van der Waals surface area (Å²) in [5.41, 5.74) is 5.97. The first-order chi connectivity index (χ1) is 8.39. The summed E-state index contributed by atoms with van der Waals surface area (Å²) in [5, 5.41) is 7.35. The Morgan fingerprint density at radius 1 is 1.28 bits per heavy atom. The molecule has 96 valence electrons. The molecule has 1 atom stereocenters. The largest absolute Gasteiger partial charge is 0.417 e. The number of aryl methyl sites for hydroxylation is 1. The van der Waals surface area contributed by atoms with E-state index in [0.29, 0.717) is 11.4 Å². The standard InChI is InChI=1S/C10H10F3N5/c1-18-8(5-16-17-18)9(14)7-3-2-6(4-15-7)10(11,12)13/h2-5,9H,14H2,1H3. The molecule has 2 aromatic rings. The van der Waals surface area contributed by atoms with Crippen molar-refractivity contribution in [3.63, 3.8) is 0 Å². The molecular weight excluding hydrogens is 247 g/mol. The van der Waals surface area contributed by atoms with Crippen LogP contribution in [0.4, 0.5) is 13.2 Å². The van der Waals surface area contributed by atoms with Crippen molar-refractivity contribution < 1.29 is 13.2 Å². The first-order valence-electron chi connectivity index (χ1n) is 5.03. The van der Waals surface area contributed by atoms with Gasteiger partial charge in [-0.3, -0.25) is 9.67 Å². The number of halogens is 3. The molecule has 0 amide bonds. The number of aromatic nitrogens is 4. The third-order valence-electron chi connectivity index (χ3n) is 2.50. The van der Waals surface area contributed by atoms with Crippen LogP contribution in [0.5, 0.6) is 0 Å². The van der Waals surface area contributed by atoms with Gasteiger partial charge in [-0.15, -0.1) is 5.10 Å². The molecule has 2 rings (SSSR count). The van der Waals surface area contributed by atoms with E-state index in [4.69, 9.17) is 5.73 Å². The third-order valence-corrected chi connectivity index (χ3v) is 2.50. The number of pyridine rings is 1. The van der Waals surface area contributed by atoms with E-state index in [2.05, 4.69) is 15.3 Å². The highest BCUT2D eigenvalue weighted by atomic mass is 19.4. The zero-order chi connectivity index (χ0) is 13.3. The average Bonchev–Trinajstić information content (AvgIpc) is 2.73. The van der Waals surface area contributed by atoms with E-state index in [1.54, 1.807) is 7.05 Å². The Hall–Kier alpha value is -1.96. The van der Waals surface area contributed by atoms with Gasteiger partial charge < -0.3 is 5.73 Å². The fourth-order valence-electron chi connectivity index (χ4n) is 1.49. The normalized spacial score (nSPS) is 13.6. The van der Waals surface area contributed by atoms with Crippen molar-refractivity contribution in [1.29, 1.82) is 0 Å². The van der Waals surface area contributed by atoms with Gasteiger partial charge in [0.1, 0.15) is 0 Å². The van der Waals surface area contributed by atoms with Crippen molar-refractivity contribution in [3.8, 4) is 0 Å². The summed E-state index contributed by atoms with van der Waals surface area (Å²) in [7, 11) is 1.65. The molecule has 8 heteroatoms. The summed E-state index contributed by atoms with van der Waals surface area (Å²) in [5.74, 6) is 0. The van der Waals surface area contributed by atoms with Crippen molar-refractivity contribution in [2.24, 2.45) is 12.8 Å². The van der Waals surface area contributed by atoms with Gasteiger partial charge in [-0.05, 0) is 12.1 Å². The molecule has 0 spiro atoms. The molecule has 0 saturated carbocycles. The number of hydrogen-bond donors (Lipinski definition) is 1. The van der Waals surface area contributed by atoms with E-state index in [0.717, 1.165) is 12.3 Å². The predicted molar refractivity (Wildman–Crippen MR) is 56.3 cm³/mol. The second kappa shape index (κ2) is 4.37. The number of hydrogen-bond acceptors (Lipinski definition) is 4. The predicted octanol–water partition coefficient (Wildman–Crippen LogP) is 1.28. The van der Waals surface area contributed by atoms with Crippen molar-refractivity contribution in [1.82, 2.24) is 20.0 Å². The number of alkyl halides is 3. The van der Waals surface area contributed by atoms with Crippen LogP contribution in [0.25, 0.3) is 0 Å². The van der Waals surface area contributed by atoms with Crippen LogP contribution in [-0.4, -0.2) is 20.0 Å². The van der Waals surface area contributed by atoms with E-state index in [1.165, 1.54) is 16.9 Å². The molecule has 2 heterocycles. The third kappa shape index (κ3) is 2.33. The molecular formula is C10H10F3N5. The molecule has 1 unspecified atom stereocenters. The highest BCUT2D eigenvalue weighted by molar-refractivity contribution is 5.23. The Bertz CT molecular complexity index is 531. The smallest absolute Gasteiger partial charge is 0.318 e. The van der Waals surface area contributed by atoms with Crippen LogP contribution in [0.3, 0.4) is 0 Å². The monoisotopic (exact) mass is 257 g/mol. The van der Waals surface area contributed by atoms with Gasteiger partial charge in [-0.1, -0.05) is 5.21 Å². The van der Waals surface area contributed by atoms with E-state index in [-0.39, 0.29) is 0 Å². The lowest BCUT2D eigenvalue weighted by atomic mass is 10.1. The first-order valence-corrected chi connectivity index (χ1v) is 5.03. The summed E-state index contributed by atoms with van der Waals surface area (Å²) in [6, 6.07) is 1.54. The number of nitrogens with zero attached hydrogens (tertiary/aromatic N) is 4. The maximum atomic E-state index is 12.4. The lowest BCUT2D eigenvalue weighted by Gasteiger charge is -2.12. The minimum absolute atomic E-state index is 0.327. The molecule has 2 aromatic heterocycles. The topological polar surface area (TPSA) is 69.6 Å². The highest BCUT2D eigenvalue weighted by Crippen LogP contribution is 2.29. The molecule has 0 bridgehead atoms. The Morgan fingerprint density at radius 2 is 2.00 bits per heavy atom. The van der Waals surface area contributed by atoms with Crippen molar-refractivity contribution in [2.75, 3.05) is 0 Å². The fraction of sp³-hybridized carbons (Fsp3) is 0.300. The summed E-state index contributed by atoms with van der Waals surface area (Å²) in [4.78, 5) is 3.73. The second-order valence-corrected chi connectivity index (χ2v) is 3.73. The van der Waals surface area contributed by atoms with Gasteiger partial charge in [0.2, 0.25) is 0 Å². The van der Waals surface area contributed by atoms with Crippen LogP contribution < -0.4 is 5.73 Å². The Labute approximate surface area is 100 Å². The van der Waals surface area contributed by atoms with Gasteiger partial charge in [0, 0.05) is 13.2 Å². The van der Waals surface area contributed by atoms with E-state index < -0.39 is 17.8 Å². The molecule has 5 nitrogen and oxygen atoms in total. The number of nitrogens with two attached hydrogens (primary N) is 1. The van der Waals surface area contributed by atoms with Crippen molar-refractivity contribution >= 4 is 0 Å². The van der Waals surface area contributed by atoms with Crippen molar-refractivity contribution in [3.05, 3.63) is 41.5 Å². The Balaban J connectivity index is 2.28. The quantitative estimate of drug-likeness (QED) is 0.879. The molecule has 2 N–H and O–H groups in total. The minimum Gasteiger partial charge on any atom is -0.318 e. The SMILES string of the molecule is Cn1nncc1C(N)c1ccc(C(F)(F)F)cn1. The zero-order valence-corrected chi connectivity index (χ0v) is 9.39. The molecule has 0 aliphatic carbocycles. The van der Waals surface area contributed by atoms with Gasteiger partial charge in [-0.2, -0.15) is 13.2 Å². The van der Waals surface area contributed by atoms with Crippen molar-refractivity contribution in [2.45, 2.75) is 12.2 Å². The zero-order valence-electron chi connectivity index (χ0n) is 9.39. The van der Waals surface area contributed by atoms with E-state index in [9.17, 15) is 13.2 Å². The van der Waals surface area contributed by atoms with Crippen LogP contribution in [0, 0.1) is 0 Å². The van der Waals surface area contributed by atoms with Gasteiger partial charge in [0.15, 0.2) is 0 Å². The lowest BCUT2D eigenvalue weighted by Crippen LogP contribution is -2.17. The maximum absolute atomic E-state index is 12.4. The average molecular weight is 257 g/mol. The number of rotatable bonds is 2. The summed E-state index contributed by atoms with van der Waals surface area (Å²) < 4.78 is 38.5. The van der Waals surface area contributed by atoms with E-state index in [1.807, 2.05) is 0 Å². The molecule has 0 radical (unpaired) electrons. The van der Waals surface area contributed by atoms with Crippen LogP contribution in [0.2, 0.25) is 0 Å². The summed E-state index contributed by atoms with van der Waals surface area (Å²) in [6.45, 7) is 0. The van der Waals surface area contributed by atoms with Gasteiger partial charge >= 0.3 is 6.18 Å². The first kappa shape index (κ1) is 12.5. The minimum atomic E-state index is -4.40. The molecule has 0 saturated heterocycles. The summed E-state index contributed by atoms with van der Waals surface area (Å²) >= 11 is 0. The van der Waals surface area contributed by atoms with Gasteiger partial charge in [-0.25, -0.2) is 0 Å². The van der Waals surface area contributed by atoms with Crippen LogP contribution >= 0.6 is 0 Å². The van der Waals surface area contributed by atoms with E-state index >= 15 is 0 Å². The molecule has 0 aliphatic rings. The molecule has 0 aromatic carbocycles. The summed E-state index contributed by atoms with van der Waals surface area (Å²) in [6.07, 6.45) is -2.19. The fourth-order valence-corrected chi connectivity index (χ4v) is 1.49. The van der Waals surface area contributed by atoms with Crippen LogP contribution in [0.1, 0.15) is 23.0 Å². The Kier molecular flexibility index (Phi) is 3.04. The van der Waals surface area contributed by atoms with Gasteiger partial charge in [0.05, 0.1) is 29.2 Å².